The first-order chi connectivity index (χ1) is 9.25. The van der Waals surface area contributed by atoms with Crippen LogP contribution in [0.3, 0.4) is 0 Å². The van der Waals surface area contributed by atoms with Crippen LogP contribution in [0.5, 0.6) is 0 Å². The van der Waals surface area contributed by atoms with Gasteiger partial charge in [-0.25, -0.2) is 4.79 Å². The third-order valence-electron chi connectivity index (χ3n) is 2.69. The first kappa shape index (κ1) is 15.9. The van der Waals surface area contributed by atoms with Gasteiger partial charge in [-0.1, -0.05) is 38.1 Å². The molecule has 6 heteroatoms. The molecule has 1 amide bonds. The summed E-state index contributed by atoms with van der Waals surface area (Å²) in [5, 5.41) is 15.1. The van der Waals surface area contributed by atoms with E-state index in [9.17, 15) is 9.59 Å². The van der Waals surface area contributed by atoms with Crippen LogP contribution in [-0.2, 0) is 10.2 Å². The molecule has 1 rings (SSSR count). The summed E-state index contributed by atoms with van der Waals surface area (Å²) in [5.74, 6) is -1.07. The molecule has 0 radical (unpaired) electrons. The standard InChI is InChI=1S/C14H20N2O4/c1-5-6-7-9(13(18)19)15-12(17)10-8-11(20-16-10)14(2,3)4/h5-6,8-9H,7H2,1-4H3,(H,15,17)(H,18,19)/b6-5+. The van der Waals surface area contributed by atoms with E-state index in [1.807, 2.05) is 20.8 Å². The first-order valence-corrected chi connectivity index (χ1v) is 6.37. The quantitative estimate of drug-likeness (QED) is 0.806. The maximum absolute atomic E-state index is 11.9. The van der Waals surface area contributed by atoms with Gasteiger partial charge in [0.1, 0.15) is 11.8 Å². The Kier molecular flexibility index (Phi) is 5.07. The number of amides is 1. The number of carbonyl (C=O) groups excluding carboxylic acids is 1. The number of hydrogen-bond acceptors (Lipinski definition) is 4. The molecule has 0 aliphatic rings. The van der Waals surface area contributed by atoms with E-state index in [0.29, 0.717) is 5.76 Å². The molecule has 0 fully saturated rings. The summed E-state index contributed by atoms with van der Waals surface area (Å²) >= 11 is 0. The molecule has 20 heavy (non-hydrogen) atoms. The van der Waals surface area contributed by atoms with Crippen molar-refractivity contribution in [3.8, 4) is 0 Å². The maximum Gasteiger partial charge on any atom is 0.326 e. The second-order valence-corrected chi connectivity index (χ2v) is 5.50. The minimum Gasteiger partial charge on any atom is -0.480 e. The lowest BCUT2D eigenvalue weighted by molar-refractivity contribution is -0.139. The number of hydrogen-bond donors (Lipinski definition) is 2. The van der Waals surface area contributed by atoms with Gasteiger partial charge in [-0.15, -0.1) is 0 Å². The molecule has 1 heterocycles. The van der Waals surface area contributed by atoms with E-state index < -0.39 is 17.9 Å². The first-order valence-electron chi connectivity index (χ1n) is 6.37. The molecule has 0 aliphatic heterocycles. The number of carboxylic acids is 1. The predicted molar refractivity (Wildman–Crippen MR) is 73.5 cm³/mol. The van der Waals surface area contributed by atoms with Gasteiger partial charge in [0, 0.05) is 11.5 Å². The molecule has 0 aliphatic carbocycles. The Labute approximate surface area is 117 Å². The Hall–Kier alpha value is -2.11. The minimum atomic E-state index is -1.09. The Morgan fingerprint density at radius 1 is 1.50 bits per heavy atom. The molecule has 1 aromatic rings. The van der Waals surface area contributed by atoms with E-state index in [1.165, 1.54) is 6.07 Å². The van der Waals surface area contributed by atoms with Crippen LogP contribution in [0.1, 0.15) is 50.4 Å². The van der Waals surface area contributed by atoms with Crippen molar-refractivity contribution in [3.63, 3.8) is 0 Å². The highest BCUT2D eigenvalue weighted by Crippen LogP contribution is 2.22. The zero-order chi connectivity index (χ0) is 15.3. The zero-order valence-corrected chi connectivity index (χ0v) is 12.1. The molecule has 0 saturated heterocycles. The summed E-state index contributed by atoms with van der Waals surface area (Å²) in [5.41, 5.74) is -0.176. The Bertz CT molecular complexity index is 511. The van der Waals surface area contributed by atoms with E-state index in [0.717, 1.165) is 0 Å². The highest BCUT2D eigenvalue weighted by molar-refractivity contribution is 5.94. The van der Waals surface area contributed by atoms with E-state index >= 15 is 0 Å². The van der Waals surface area contributed by atoms with Gasteiger partial charge < -0.3 is 14.9 Å². The molecule has 1 unspecified atom stereocenters. The number of nitrogens with zero attached hydrogens (tertiary/aromatic N) is 1. The number of carbonyl (C=O) groups is 2. The van der Waals surface area contributed by atoms with Crippen molar-refractivity contribution in [2.75, 3.05) is 0 Å². The smallest absolute Gasteiger partial charge is 0.326 e. The van der Waals surface area contributed by atoms with Crippen molar-refractivity contribution in [1.82, 2.24) is 10.5 Å². The number of rotatable bonds is 5. The van der Waals surface area contributed by atoms with E-state index in [1.54, 1.807) is 19.1 Å². The summed E-state index contributed by atoms with van der Waals surface area (Å²) in [6, 6.07) is 0.553. The van der Waals surface area contributed by atoms with Gasteiger partial charge in [0.05, 0.1) is 0 Å². The molecule has 0 bridgehead atoms. The molecule has 1 aromatic heterocycles. The normalized spacial score (nSPS) is 13.4. The van der Waals surface area contributed by atoms with Gasteiger partial charge in [-0.2, -0.15) is 0 Å². The van der Waals surface area contributed by atoms with Crippen molar-refractivity contribution in [3.05, 3.63) is 29.7 Å². The van der Waals surface area contributed by atoms with Gasteiger partial charge in [0.2, 0.25) is 0 Å². The summed E-state index contributed by atoms with van der Waals surface area (Å²) in [7, 11) is 0. The molecule has 0 aromatic carbocycles. The monoisotopic (exact) mass is 280 g/mol. The Balaban J connectivity index is 2.79. The second-order valence-electron chi connectivity index (χ2n) is 5.50. The highest BCUT2D eigenvalue weighted by Gasteiger charge is 2.24. The average Bonchev–Trinajstić information content (AvgIpc) is 2.83. The van der Waals surface area contributed by atoms with Crippen molar-refractivity contribution in [2.45, 2.75) is 45.6 Å². The number of allylic oxidation sites excluding steroid dienone is 1. The number of carboxylic acid groups (broad SMARTS) is 1. The Morgan fingerprint density at radius 3 is 2.60 bits per heavy atom. The van der Waals surface area contributed by atoms with Crippen molar-refractivity contribution < 1.29 is 19.2 Å². The summed E-state index contributed by atoms with van der Waals surface area (Å²) in [4.78, 5) is 23.0. The van der Waals surface area contributed by atoms with Crippen molar-refractivity contribution in [1.29, 1.82) is 0 Å². The molecule has 2 N–H and O–H groups in total. The van der Waals surface area contributed by atoms with Crippen LogP contribution in [0.2, 0.25) is 0 Å². The van der Waals surface area contributed by atoms with E-state index in [-0.39, 0.29) is 17.5 Å². The fourth-order valence-electron chi connectivity index (χ4n) is 1.46. The van der Waals surface area contributed by atoms with Gasteiger partial charge >= 0.3 is 5.97 Å². The fraction of sp³-hybridized carbons (Fsp3) is 0.500. The fourth-order valence-corrected chi connectivity index (χ4v) is 1.46. The van der Waals surface area contributed by atoms with Crippen LogP contribution in [0.25, 0.3) is 0 Å². The minimum absolute atomic E-state index is 0.0849. The van der Waals surface area contributed by atoms with Gasteiger partial charge in [0.25, 0.3) is 5.91 Å². The number of nitrogens with one attached hydrogen (secondary N) is 1. The molecule has 6 nitrogen and oxygen atoms in total. The lowest BCUT2D eigenvalue weighted by Gasteiger charge is -2.12. The predicted octanol–water partition coefficient (Wildman–Crippen LogP) is 2.12. The number of aliphatic carboxylic acids is 1. The summed E-state index contributed by atoms with van der Waals surface area (Å²) in [6.45, 7) is 7.58. The molecular formula is C14H20N2O4. The van der Waals surface area contributed by atoms with Crippen LogP contribution in [0.4, 0.5) is 0 Å². The van der Waals surface area contributed by atoms with E-state index in [2.05, 4.69) is 10.5 Å². The summed E-state index contributed by atoms with van der Waals surface area (Å²) in [6.07, 6.45) is 3.64. The third kappa shape index (κ3) is 4.22. The van der Waals surface area contributed by atoms with Crippen molar-refractivity contribution in [2.24, 2.45) is 0 Å². The van der Waals surface area contributed by atoms with Gasteiger partial charge in [0.15, 0.2) is 5.69 Å². The van der Waals surface area contributed by atoms with Crippen molar-refractivity contribution >= 4 is 11.9 Å². The van der Waals surface area contributed by atoms with Gasteiger partial charge in [-0.3, -0.25) is 4.79 Å². The Morgan fingerprint density at radius 2 is 2.15 bits per heavy atom. The molecule has 1 atom stereocenters. The highest BCUT2D eigenvalue weighted by atomic mass is 16.5. The van der Waals surface area contributed by atoms with Crippen LogP contribution in [-0.4, -0.2) is 28.2 Å². The lowest BCUT2D eigenvalue weighted by Crippen LogP contribution is -2.40. The van der Waals surface area contributed by atoms with Gasteiger partial charge in [-0.05, 0) is 13.3 Å². The maximum atomic E-state index is 11.9. The van der Waals surface area contributed by atoms with Crippen LogP contribution in [0.15, 0.2) is 22.7 Å². The number of aromatic nitrogens is 1. The largest absolute Gasteiger partial charge is 0.480 e. The third-order valence-corrected chi connectivity index (χ3v) is 2.69. The topological polar surface area (TPSA) is 92.4 Å². The van der Waals surface area contributed by atoms with Crippen LogP contribution < -0.4 is 5.32 Å². The molecule has 0 spiro atoms. The van der Waals surface area contributed by atoms with Crippen LogP contribution in [0, 0.1) is 0 Å². The lowest BCUT2D eigenvalue weighted by atomic mass is 9.93. The second kappa shape index (κ2) is 6.36. The molecular weight excluding hydrogens is 260 g/mol. The summed E-state index contributed by atoms with van der Waals surface area (Å²) < 4.78 is 5.10. The SMILES string of the molecule is C/C=C/CC(NC(=O)c1cc(C(C)(C)C)on1)C(=O)O. The molecule has 0 saturated carbocycles. The van der Waals surface area contributed by atoms with Crippen LogP contribution >= 0.6 is 0 Å². The average molecular weight is 280 g/mol. The zero-order valence-electron chi connectivity index (χ0n) is 12.1. The van der Waals surface area contributed by atoms with E-state index in [4.69, 9.17) is 9.63 Å². The molecule has 110 valence electrons.